The number of aromatic nitrogens is 3. The van der Waals surface area contributed by atoms with Gasteiger partial charge in [0.15, 0.2) is 5.65 Å². The minimum absolute atomic E-state index is 0.167. The van der Waals surface area contributed by atoms with Crippen LogP contribution in [0.2, 0.25) is 0 Å². The predicted octanol–water partition coefficient (Wildman–Crippen LogP) is 4.23. The Labute approximate surface area is 187 Å². The topological polar surface area (TPSA) is 66.1 Å². The molecule has 0 aliphatic heterocycles. The molecular weight excluding hydrogens is 402 g/mol. The Bertz CT molecular complexity index is 1370. The Morgan fingerprint density at radius 2 is 1.72 bits per heavy atom. The summed E-state index contributed by atoms with van der Waals surface area (Å²) in [6, 6.07) is 15.2. The molecule has 0 saturated carbocycles. The molecule has 0 radical (unpaired) electrons. The molecule has 0 unspecified atom stereocenters. The molecule has 6 heteroatoms. The first-order chi connectivity index (χ1) is 15.5. The van der Waals surface area contributed by atoms with E-state index >= 15 is 0 Å². The quantitative estimate of drug-likeness (QED) is 0.309. The van der Waals surface area contributed by atoms with Crippen LogP contribution in [-0.4, -0.2) is 21.2 Å². The van der Waals surface area contributed by atoms with E-state index in [0.717, 1.165) is 41.9 Å². The SMILES string of the molecule is CCCCCc1nc2c(c(=O)c3ccccc3n2C)c(=O)n1CCc1ccc(OC)cc1. The average Bonchev–Trinajstić information content (AvgIpc) is 2.82. The fourth-order valence-corrected chi connectivity index (χ4v) is 4.22. The first-order valence-corrected chi connectivity index (χ1v) is 11.2. The molecule has 0 atom stereocenters. The highest BCUT2D eigenvalue weighted by atomic mass is 16.5. The molecule has 0 bridgehead atoms. The van der Waals surface area contributed by atoms with Crippen molar-refractivity contribution in [1.29, 1.82) is 0 Å². The second-order valence-corrected chi connectivity index (χ2v) is 8.14. The number of aryl methyl sites for hydroxylation is 3. The van der Waals surface area contributed by atoms with Crippen molar-refractivity contribution < 1.29 is 4.74 Å². The molecule has 0 fully saturated rings. The Morgan fingerprint density at radius 1 is 0.969 bits per heavy atom. The Balaban J connectivity index is 1.84. The smallest absolute Gasteiger partial charge is 0.266 e. The van der Waals surface area contributed by atoms with E-state index in [1.165, 1.54) is 0 Å². The van der Waals surface area contributed by atoms with E-state index in [1.54, 1.807) is 17.7 Å². The molecule has 2 aromatic heterocycles. The lowest BCUT2D eigenvalue weighted by atomic mass is 10.1. The Morgan fingerprint density at radius 3 is 2.44 bits per heavy atom. The van der Waals surface area contributed by atoms with E-state index < -0.39 is 0 Å². The zero-order chi connectivity index (χ0) is 22.7. The third-order valence-electron chi connectivity index (χ3n) is 6.07. The van der Waals surface area contributed by atoms with Crippen LogP contribution in [0.4, 0.5) is 0 Å². The summed E-state index contributed by atoms with van der Waals surface area (Å²) in [5.74, 6) is 1.55. The second kappa shape index (κ2) is 9.39. The fourth-order valence-electron chi connectivity index (χ4n) is 4.22. The van der Waals surface area contributed by atoms with Crippen molar-refractivity contribution in [2.45, 2.75) is 45.6 Å². The molecule has 0 amide bonds. The normalized spacial score (nSPS) is 11.3. The van der Waals surface area contributed by atoms with E-state index in [2.05, 4.69) is 6.92 Å². The van der Waals surface area contributed by atoms with Crippen LogP contribution in [0.15, 0.2) is 58.1 Å². The van der Waals surface area contributed by atoms with Gasteiger partial charge in [-0.05, 0) is 42.7 Å². The van der Waals surface area contributed by atoms with Crippen LogP contribution < -0.4 is 15.7 Å². The number of hydrogen-bond acceptors (Lipinski definition) is 4. The summed E-state index contributed by atoms with van der Waals surface area (Å²) in [6.07, 6.45) is 4.50. The molecule has 0 N–H and O–H groups in total. The van der Waals surface area contributed by atoms with Crippen LogP contribution in [-0.2, 0) is 26.4 Å². The van der Waals surface area contributed by atoms with Crippen molar-refractivity contribution >= 4 is 21.9 Å². The van der Waals surface area contributed by atoms with Gasteiger partial charge in [-0.3, -0.25) is 14.2 Å². The number of ether oxygens (including phenoxy) is 1. The number of benzene rings is 2. The number of hydrogen-bond donors (Lipinski definition) is 0. The third kappa shape index (κ3) is 4.05. The van der Waals surface area contributed by atoms with Crippen LogP contribution >= 0.6 is 0 Å². The van der Waals surface area contributed by atoms with E-state index in [9.17, 15) is 9.59 Å². The van der Waals surface area contributed by atoms with E-state index in [1.807, 2.05) is 54.1 Å². The number of methoxy groups -OCH3 is 1. The van der Waals surface area contributed by atoms with Gasteiger partial charge in [0.05, 0.1) is 12.6 Å². The average molecular weight is 432 g/mol. The summed E-state index contributed by atoms with van der Waals surface area (Å²) in [4.78, 5) is 31.7. The van der Waals surface area contributed by atoms with Crippen LogP contribution in [0.25, 0.3) is 21.9 Å². The van der Waals surface area contributed by atoms with Gasteiger partial charge in [0.25, 0.3) is 5.56 Å². The molecule has 166 valence electrons. The monoisotopic (exact) mass is 431 g/mol. The molecular formula is C26H29N3O3. The number of pyridine rings is 1. The lowest BCUT2D eigenvalue weighted by molar-refractivity contribution is 0.414. The maximum absolute atomic E-state index is 13.6. The van der Waals surface area contributed by atoms with Gasteiger partial charge in [0.2, 0.25) is 5.43 Å². The van der Waals surface area contributed by atoms with E-state index in [-0.39, 0.29) is 16.4 Å². The van der Waals surface area contributed by atoms with Gasteiger partial charge in [-0.1, -0.05) is 44.0 Å². The van der Waals surface area contributed by atoms with Gasteiger partial charge < -0.3 is 9.30 Å². The van der Waals surface area contributed by atoms with Crippen LogP contribution in [0.1, 0.15) is 37.6 Å². The first-order valence-electron chi connectivity index (χ1n) is 11.2. The van der Waals surface area contributed by atoms with Crippen molar-refractivity contribution in [2.75, 3.05) is 7.11 Å². The standard InChI is InChI=1S/C26H29N3O3/c1-4-5-6-11-22-27-25-23(24(30)20-9-7-8-10-21(20)28(25)2)26(31)29(22)17-16-18-12-14-19(32-3)15-13-18/h7-10,12-15H,4-6,11,16-17H2,1-3H3. The highest BCUT2D eigenvalue weighted by Crippen LogP contribution is 2.17. The molecule has 32 heavy (non-hydrogen) atoms. The summed E-state index contributed by atoms with van der Waals surface area (Å²) >= 11 is 0. The first kappa shape index (κ1) is 21.8. The largest absolute Gasteiger partial charge is 0.497 e. The number of para-hydroxylation sites is 1. The molecule has 0 saturated heterocycles. The summed E-state index contributed by atoms with van der Waals surface area (Å²) < 4.78 is 8.80. The predicted molar refractivity (Wildman–Crippen MR) is 129 cm³/mol. The van der Waals surface area contributed by atoms with Crippen molar-refractivity contribution in [3.8, 4) is 5.75 Å². The third-order valence-corrected chi connectivity index (χ3v) is 6.07. The summed E-state index contributed by atoms with van der Waals surface area (Å²) in [5, 5.41) is 0.710. The van der Waals surface area contributed by atoms with Gasteiger partial charge in [0, 0.05) is 25.4 Å². The molecule has 6 nitrogen and oxygen atoms in total. The number of rotatable bonds is 8. The van der Waals surface area contributed by atoms with Gasteiger partial charge in [-0.15, -0.1) is 0 Å². The summed E-state index contributed by atoms with van der Waals surface area (Å²) in [6.45, 7) is 2.63. The molecule has 2 heterocycles. The van der Waals surface area contributed by atoms with Gasteiger partial charge in [0.1, 0.15) is 17.0 Å². The number of unbranched alkanes of at least 4 members (excludes halogenated alkanes) is 2. The van der Waals surface area contributed by atoms with Gasteiger partial charge in [-0.25, -0.2) is 4.98 Å². The van der Waals surface area contributed by atoms with Crippen LogP contribution in [0.3, 0.4) is 0 Å². The number of fused-ring (bicyclic) bond motifs is 2. The lowest BCUT2D eigenvalue weighted by Crippen LogP contribution is -2.31. The van der Waals surface area contributed by atoms with Crippen molar-refractivity contribution in [3.63, 3.8) is 0 Å². The minimum atomic E-state index is -0.249. The molecule has 4 rings (SSSR count). The molecule has 0 aliphatic carbocycles. The fraction of sp³-hybridized carbons (Fsp3) is 0.346. The summed E-state index contributed by atoms with van der Waals surface area (Å²) in [7, 11) is 3.51. The van der Waals surface area contributed by atoms with Crippen molar-refractivity contribution in [1.82, 2.24) is 14.1 Å². The molecule has 0 aliphatic rings. The zero-order valence-corrected chi connectivity index (χ0v) is 18.9. The van der Waals surface area contributed by atoms with Crippen LogP contribution in [0.5, 0.6) is 5.75 Å². The lowest BCUT2D eigenvalue weighted by Gasteiger charge is -2.16. The Hall–Kier alpha value is -3.41. The number of nitrogens with zero attached hydrogens (tertiary/aromatic N) is 3. The van der Waals surface area contributed by atoms with E-state index in [0.29, 0.717) is 30.4 Å². The minimum Gasteiger partial charge on any atom is -0.497 e. The van der Waals surface area contributed by atoms with Crippen molar-refractivity contribution in [2.24, 2.45) is 7.05 Å². The van der Waals surface area contributed by atoms with Crippen LogP contribution in [0, 0.1) is 0 Å². The van der Waals surface area contributed by atoms with Gasteiger partial charge >= 0.3 is 0 Å². The maximum atomic E-state index is 13.6. The molecule has 0 spiro atoms. The Kier molecular flexibility index (Phi) is 6.40. The maximum Gasteiger partial charge on any atom is 0.266 e. The van der Waals surface area contributed by atoms with E-state index in [4.69, 9.17) is 9.72 Å². The highest BCUT2D eigenvalue weighted by Gasteiger charge is 2.18. The second-order valence-electron chi connectivity index (χ2n) is 8.14. The highest BCUT2D eigenvalue weighted by molar-refractivity contribution is 5.91. The zero-order valence-electron chi connectivity index (χ0n) is 18.9. The molecule has 2 aromatic carbocycles. The summed E-state index contributed by atoms with van der Waals surface area (Å²) in [5.41, 5.74) is 1.85. The van der Waals surface area contributed by atoms with Crippen molar-refractivity contribution in [3.05, 3.63) is 80.5 Å². The molecule has 4 aromatic rings. The van der Waals surface area contributed by atoms with Gasteiger partial charge in [-0.2, -0.15) is 0 Å².